The van der Waals surface area contributed by atoms with Crippen LogP contribution in [0.25, 0.3) is 0 Å². The van der Waals surface area contributed by atoms with Crippen molar-refractivity contribution in [3.05, 3.63) is 0 Å². The number of aliphatic hydroxyl groups is 1. The van der Waals surface area contributed by atoms with E-state index in [4.69, 9.17) is 5.11 Å². The second-order valence-corrected chi connectivity index (χ2v) is 11.9. The Bertz CT molecular complexity index is 300. The van der Waals surface area contributed by atoms with E-state index in [-0.39, 0.29) is 5.41 Å². The first-order valence-electron chi connectivity index (χ1n) is 15.6. The Hall–Kier alpha value is 0.440. The number of alkyl halides is 1. The summed E-state index contributed by atoms with van der Waals surface area (Å²) >= 11 is 3.31. The highest BCUT2D eigenvalue weighted by Crippen LogP contribution is 2.22. The summed E-state index contributed by atoms with van der Waals surface area (Å²) in [4.78, 5) is 0. The molecular formula is C32H69BrO. The molecule has 0 heterocycles. The summed E-state index contributed by atoms with van der Waals surface area (Å²) in [6.45, 7) is 13.6. The molecule has 2 heteroatoms. The van der Waals surface area contributed by atoms with Gasteiger partial charge in [0.1, 0.15) is 0 Å². The molecule has 0 aromatic rings. The normalized spacial score (nSPS) is 10.9. The maximum atomic E-state index is 9.00. The van der Waals surface area contributed by atoms with Gasteiger partial charge in [-0.25, -0.2) is 0 Å². The molecule has 0 saturated carbocycles. The predicted molar refractivity (Wildman–Crippen MR) is 164 cm³/mol. The fourth-order valence-electron chi connectivity index (χ4n) is 3.86. The van der Waals surface area contributed by atoms with Crippen LogP contribution in [0, 0.1) is 5.41 Å². The van der Waals surface area contributed by atoms with Gasteiger partial charge in [0.05, 0.1) is 0 Å². The molecule has 0 atom stereocenters. The quantitative estimate of drug-likeness (QED) is 0.0992. The second kappa shape index (κ2) is 35.6. The van der Waals surface area contributed by atoms with E-state index in [1.807, 2.05) is 0 Å². The lowest BCUT2D eigenvalue weighted by Crippen LogP contribution is -2.16. The van der Waals surface area contributed by atoms with Crippen LogP contribution in [0.5, 0.6) is 0 Å². The van der Waals surface area contributed by atoms with Crippen LogP contribution in [-0.2, 0) is 0 Å². The van der Waals surface area contributed by atoms with Crippen LogP contribution >= 0.6 is 15.9 Å². The third-order valence-electron chi connectivity index (χ3n) is 6.58. The van der Waals surface area contributed by atoms with E-state index < -0.39 is 0 Å². The van der Waals surface area contributed by atoms with Crippen molar-refractivity contribution in [3.8, 4) is 0 Å². The molecule has 0 amide bonds. The first-order chi connectivity index (χ1) is 16.4. The van der Waals surface area contributed by atoms with Crippen LogP contribution in [0.2, 0.25) is 0 Å². The summed E-state index contributed by atoms with van der Waals surface area (Å²) in [5.41, 5.74) is 0.145. The molecule has 0 aliphatic carbocycles. The average molecular weight is 550 g/mol. The lowest BCUT2D eigenvalue weighted by atomic mass is 9.88. The zero-order chi connectivity index (χ0) is 26.2. The number of unbranched alkanes of at least 4 members (excludes halogenated alkanes) is 19. The minimum absolute atomic E-state index is 0.145. The van der Waals surface area contributed by atoms with Gasteiger partial charge in [-0.3, -0.25) is 0 Å². The molecule has 0 bridgehead atoms. The Kier molecular flexibility index (Phi) is 40.8. The first-order valence-corrected chi connectivity index (χ1v) is 16.7. The number of aliphatic hydroxyl groups excluding tert-OH is 1. The molecule has 0 fully saturated rings. The lowest BCUT2D eigenvalue weighted by Gasteiger charge is -2.20. The Morgan fingerprint density at radius 2 is 0.706 bits per heavy atom. The highest BCUT2D eigenvalue weighted by molar-refractivity contribution is 9.09. The summed E-state index contributed by atoms with van der Waals surface area (Å²) in [5.74, 6) is 0. The van der Waals surface area contributed by atoms with Gasteiger partial charge < -0.3 is 5.11 Å². The molecule has 0 rings (SSSR count). The Morgan fingerprint density at radius 3 is 0.912 bits per heavy atom. The average Bonchev–Trinajstić information content (AvgIpc) is 2.83. The van der Waals surface area contributed by atoms with Crippen molar-refractivity contribution in [2.75, 3.05) is 11.9 Å². The highest BCUT2D eigenvalue weighted by atomic mass is 79.9. The SMILES string of the molecule is CCCCBr.CCCCCCCC(C)(C)CO.CCCCCCCCCCCCCCCCC. The van der Waals surface area contributed by atoms with E-state index in [9.17, 15) is 0 Å². The van der Waals surface area contributed by atoms with Crippen LogP contribution in [0.3, 0.4) is 0 Å². The van der Waals surface area contributed by atoms with Crippen LogP contribution in [-0.4, -0.2) is 17.0 Å². The van der Waals surface area contributed by atoms with Crippen LogP contribution in [0.4, 0.5) is 0 Å². The minimum atomic E-state index is 0.145. The largest absolute Gasteiger partial charge is 0.396 e. The molecule has 0 saturated heterocycles. The molecule has 0 spiro atoms. The van der Waals surface area contributed by atoms with Gasteiger partial charge in [-0.15, -0.1) is 0 Å². The Balaban J connectivity index is -0.000000490. The molecular weight excluding hydrogens is 480 g/mol. The van der Waals surface area contributed by atoms with E-state index in [2.05, 4.69) is 57.5 Å². The minimum Gasteiger partial charge on any atom is -0.396 e. The van der Waals surface area contributed by atoms with Crippen LogP contribution in [0.15, 0.2) is 0 Å². The van der Waals surface area contributed by atoms with E-state index >= 15 is 0 Å². The molecule has 34 heavy (non-hydrogen) atoms. The molecule has 0 aliphatic rings. The summed E-state index contributed by atoms with van der Waals surface area (Å²) in [7, 11) is 0. The third-order valence-corrected chi connectivity index (χ3v) is 7.14. The molecule has 1 N–H and O–H groups in total. The number of halogens is 1. The number of hydrogen-bond donors (Lipinski definition) is 1. The van der Waals surface area contributed by atoms with Gasteiger partial charge in [0, 0.05) is 11.9 Å². The standard InChI is InChI=1S/C17H36.C11H24O.C4H9Br/c1-3-5-7-9-11-13-15-17-16-14-12-10-8-6-4-2;1-4-5-6-7-8-9-11(2,3)10-12;1-2-3-4-5/h3-17H2,1-2H3;12H,4-10H2,1-3H3;2-4H2,1H3. The van der Waals surface area contributed by atoms with Gasteiger partial charge in [-0.05, 0) is 18.3 Å². The van der Waals surface area contributed by atoms with Crippen molar-refractivity contribution < 1.29 is 5.11 Å². The zero-order valence-corrected chi connectivity index (χ0v) is 26.6. The number of rotatable bonds is 23. The monoisotopic (exact) mass is 548 g/mol. The molecule has 0 aromatic carbocycles. The van der Waals surface area contributed by atoms with E-state index in [0.717, 1.165) is 11.8 Å². The lowest BCUT2D eigenvalue weighted by molar-refractivity contribution is 0.147. The fraction of sp³-hybridized carbons (Fsp3) is 1.00. The maximum Gasteiger partial charge on any atom is 0.0482 e. The van der Waals surface area contributed by atoms with E-state index in [0.29, 0.717) is 6.61 Å². The molecule has 0 unspecified atom stereocenters. The number of hydrogen-bond acceptors (Lipinski definition) is 1. The third kappa shape index (κ3) is 42.6. The second-order valence-electron chi connectivity index (χ2n) is 11.1. The summed E-state index contributed by atoms with van der Waals surface area (Å²) < 4.78 is 0. The molecule has 210 valence electrons. The van der Waals surface area contributed by atoms with Gasteiger partial charge in [0.15, 0.2) is 0 Å². The predicted octanol–water partition coefficient (Wildman–Crippen LogP) is 12.4. The van der Waals surface area contributed by atoms with Gasteiger partial charge in [0.25, 0.3) is 0 Å². The van der Waals surface area contributed by atoms with Crippen LogP contribution < -0.4 is 0 Å². The van der Waals surface area contributed by atoms with Crippen molar-refractivity contribution in [2.24, 2.45) is 5.41 Å². The van der Waals surface area contributed by atoms with Gasteiger partial charge in [-0.2, -0.15) is 0 Å². The maximum absolute atomic E-state index is 9.00. The summed E-state index contributed by atoms with van der Waals surface area (Å²) in [6.07, 6.45) is 32.3. The van der Waals surface area contributed by atoms with Gasteiger partial charge in [0.2, 0.25) is 0 Å². The fourth-order valence-corrected chi connectivity index (χ4v) is 4.43. The highest BCUT2D eigenvalue weighted by Gasteiger charge is 2.14. The zero-order valence-electron chi connectivity index (χ0n) is 25.0. The van der Waals surface area contributed by atoms with Gasteiger partial charge in [-0.1, -0.05) is 192 Å². The van der Waals surface area contributed by atoms with Crippen molar-refractivity contribution in [3.63, 3.8) is 0 Å². The van der Waals surface area contributed by atoms with Gasteiger partial charge >= 0.3 is 0 Å². The van der Waals surface area contributed by atoms with Crippen molar-refractivity contribution in [1.82, 2.24) is 0 Å². The van der Waals surface area contributed by atoms with E-state index in [1.54, 1.807) is 0 Å². The van der Waals surface area contributed by atoms with Crippen molar-refractivity contribution in [1.29, 1.82) is 0 Å². The van der Waals surface area contributed by atoms with Crippen LogP contribution in [0.1, 0.15) is 189 Å². The summed E-state index contributed by atoms with van der Waals surface area (Å²) in [6, 6.07) is 0. The molecule has 0 aromatic heterocycles. The Labute approximate surface area is 227 Å². The molecule has 0 aliphatic heterocycles. The first kappa shape index (κ1) is 39.0. The topological polar surface area (TPSA) is 20.2 Å². The smallest absolute Gasteiger partial charge is 0.0482 e. The molecule has 0 radical (unpaired) electrons. The summed E-state index contributed by atoms with van der Waals surface area (Å²) in [5, 5.41) is 10.2. The van der Waals surface area contributed by atoms with Crippen molar-refractivity contribution >= 4 is 15.9 Å². The van der Waals surface area contributed by atoms with Crippen molar-refractivity contribution in [2.45, 2.75) is 189 Å². The Morgan fingerprint density at radius 1 is 0.441 bits per heavy atom. The molecule has 1 nitrogen and oxygen atoms in total. The van der Waals surface area contributed by atoms with E-state index in [1.165, 1.54) is 141 Å².